The zero-order valence-electron chi connectivity index (χ0n) is 9.24. The molecule has 0 aliphatic heterocycles. The van der Waals surface area contributed by atoms with Crippen LogP contribution < -0.4 is 5.32 Å². The Balaban J connectivity index is 2.23. The van der Waals surface area contributed by atoms with Crippen molar-refractivity contribution in [2.75, 3.05) is 6.54 Å². The zero-order chi connectivity index (χ0) is 12.3. The third kappa shape index (κ3) is 2.65. The first-order valence-corrected chi connectivity index (χ1v) is 5.59. The first-order chi connectivity index (χ1) is 8.20. The van der Waals surface area contributed by atoms with E-state index in [0.29, 0.717) is 17.3 Å². The summed E-state index contributed by atoms with van der Waals surface area (Å²) in [5.41, 5.74) is 1.11. The Hall–Kier alpha value is -1.81. The number of halogens is 1. The molecule has 0 unspecified atom stereocenters. The molecule has 4 nitrogen and oxygen atoms in total. The van der Waals surface area contributed by atoms with Crippen molar-refractivity contribution in [3.63, 3.8) is 0 Å². The van der Waals surface area contributed by atoms with Gasteiger partial charge in [-0.3, -0.25) is 4.79 Å². The smallest absolute Gasteiger partial charge is 0.273 e. The number of benzene rings is 1. The number of nitrogens with one attached hydrogen (secondary N) is 1. The van der Waals surface area contributed by atoms with Crippen LogP contribution in [0.25, 0.3) is 11.3 Å². The van der Waals surface area contributed by atoms with Gasteiger partial charge in [0.2, 0.25) is 0 Å². The second-order valence-electron chi connectivity index (χ2n) is 3.44. The molecule has 0 bridgehead atoms. The third-order valence-corrected chi connectivity index (χ3v) is 2.46. The van der Waals surface area contributed by atoms with E-state index in [-0.39, 0.29) is 11.6 Å². The van der Waals surface area contributed by atoms with E-state index in [0.717, 1.165) is 5.56 Å². The number of hydrogen-bond acceptors (Lipinski definition) is 3. The second-order valence-corrected chi connectivity index (χ2v) is 3.88. The second kappa shape index (κ2) is 5.01. The van der Waals surface area contributed by atoms with Gasteiger partial charge in [-0.1, -0.05) is 16.8 Å². The normalized spacial score (nSPS) is 10.2. The lowest BCUT2D eigenvalue weighted by molar-refractivity contribution is 0.0947. The minimum absolute atomic E-state index is 0.239. The van der Waals surface area contributed by atoms with Gasteiger partial charge >= 0.3 is 0 Å². The van der Waals surface area contributed by atoms with Gasteiger partial charge in [0.1, 0.15) is 0 Å². The van der Waals surface area contributed by atoms with Gasteiger partial charge in [0.15, 0.2) is 11.5 Å². The highest BCUT2D eigenvalue weighted by atomic mass is 35.5. The molecule has 1 aromatic carbocycles. The van der Waals surface area contributed by atoms with Gasteiger partial charge < -0.3 is 9.84 Å². The molecular formula is C12H11ClN2O2. The average molecular weight is 251 g/mol. The molecule has 1 amide bonds. The van der Waals surface area contributed by atoms with Crippen molar-refractivity contribution >= 4 is 17.5 Å². The lowest BCUT2D eigenvalue weighted by Gasteiger charge is -1.95. The van der Waals surface area contributed by atoms with Crippen LogP contribution in [-0.4, -0.2) is 17.6 Å². The molecule has 0 aliphatic carbocycles. The van der Waals surface area contributed by atoms with E-state index in [1.807, 2.05) is 19.1 Å². The molecule has 1 N–H and O–H groups in total. The molecule has 17 heavy (non-hydrogen) atoms. The third-order valence-electron chi connectivity index (χ3n) is 2.21. The molecule has 2 aromatic rings. The summed E-state index contributed by atoms with van der Waals surface area (Å²) >= 11 is 5.79. The average Bonchev–Trinajstić information content (AvgIpc) is 2.80. The number of nitrogens with zero attached hydrogens (tertiary/aromatic N) is 1. The highest BCUT2D eigenvalue weighted by Crippen LogP contribution is 2.22. The van der Waals surface area contributed by atoms with Gasteiger partial charge in [0.05, 0.1) is 0 Å². The minimum atomic E-state index is -0.239. The highest BCUT2D eigenvalue weighted by Gasteiger charge is 2.12. The Labute approximate surface area is 104 Å². The van der Waals surface area contributed by atoms with Crippen molar-refractivity contribution in [1.82, 2.24) is 10.5 Å². The van der Waals surface area contributed by atoms with E-state index in [1.165, 1.54) is 0 Å². The lowest BCUT2D eigenvalue weighted by Crippen LogP contribution is -2.22. The van der Waals surface area contributed by atoms with Crippen LogP contribution in [0, 0.1) is 0 Å². The Morgan fingerprint density at radius 3 is 2.76 bits per heavy atom. The quantitative estimate of drug-likeness (QED) is 0.911. The van der Waals surface area contributed by atoms with Crippen molar-refractivity contribution in [3.05, 3.63) is 41.0 Å². The molecule has 88 valence electrons. The van der Waals surface area contributed by atoms with Gasteiger partial charge in [-0.2, -0.15) is 0 Å². The molecule has 1 heterocycles. The zero-order valence-corrected chi connectivity index (χ0v) is 9.99. The number of aromatic nitrogens is 1. The Bertz CT molecular complexity index is 520. The van der Waals surface area contributed by atoms with Crippen LogP contribution in [0.1, 0.15) is 17.4 Å². The number of rotatable bonds is 3. The summed E-state index contributed by atoms with van der Waals surface area (Å²) in [5, 5.41) is 7.02. The SMILES string of the molecule is CCNC(=O)c1cc(-c2ccc(Cl)cc2)on1. The predicted molar refractivity (Wildman–Crippen MR) is 65.0 cm³/mol. The molecule has 0 fully saturated rings. The number of carbonyl (C=O) groups is 1. The van der Waals surface area contributed by atoms with Gasteiger partial charge in [-0.15, -0.1) is 0 Å². The minimum Gasteiger partial charge on any atom is -0.355 e. The fourth-order valence-corrected chi connectivity index (χ4v) is 1.51. The summed E-state index contributed by atoms with van der Waals surface area (Å²) < 4.78 is 5.10. The predicted octanol–water partition coefficient (Wildman–Crippen LogP) is 2.74. The maximum Gasteiger partial charge on any atom is 0.273 e. The summed E-state index contributed by atoms with van der Waals surface area (Å²) in [6.07, 6.45) is 0. The van der Waals surface area contributed by atoms with E-state index in [2.05, 4.69) is 10.5 Å². The van der Waals surface area contributed by atoms with E-state index in [1.54, 1.807) is 18.2 Å². The molecule has 0 atom stereocenters. The van der Waals surface area contributed by atoms with Gasteiger partial charge in [0, 0.05) is 23.2 Å². The topological polar surface area (TPSA) is 55.1 Å². The molecule has 0 saturated heterocycles. The number of amides is 1. The molecular weight excluding hydrogens is 240 g/mol. The summed E-state index contributed by atoms with van der Waals surface area (Å²) in [5.74, 6) is 0.305. The molecule has 0 aliphatic rings. The van der Waals surface area contributed by atoms with Crippen LogP contribution in [0.4, 0.5) is 0 Å². The monoisotopic (exact) mass is 250 g/mol. The van der Waals surface area contributed by atoms with E-state index in [9.17, 15) is 4.79 Å². The fourth-order valence-electron chi connectivity index (χ4n) is 1.38. The van der Waals surface area contributed by atoms with Gasteiger partial charge in [0.25, 0.3) is 5.91 Å². The van der Waals surface area contributed by atoms with Crippen molar-refractivity contribution in [2.24, 2.45) is 0 Å². The van der Waals surface area contributed by atoms with Crippen molar-refractivity contribution in [1.29, 1.82) is 0 Å². The molecule has 2 rings (SSSR count). The molecule has 0 radical (unpaired) electrons. The van der Waals surface area contributed by atoms with Crippen LogP contribution in [-0.2, 0) is 0 Å². The van der Waals surface area contributed by atoms with Gasteiger partial charge in [-0.05, 0) is 31.2 Å². The summed E-state index contributed by atoms with van der Waals surface area (Å²) in [6.45, 7) is 2.40. The van der Waals surface area contributed by atoms with E-state index < -0.39 is 0 Å². The number of hydrogen-bond donors (Lipinski definition) is 1. The Morgan fingerprint density at radius 2 is 2.12 bits per heavy atom. The molecule has 5 heteroatoms. The standard InChI is InChI=1S/C12H11ClN2O2/c1-2-14-12(16)10-7-11(17-15-10)8-3-5-9(13)6-4-8/h3-7H,2H2,1H3,(H,14,16). The first-order valence-electron chi connectivity index (χ1n) is 5.21. The van der Waals surface area contributed by atoms with Crippen LogP contribution in [0.5, 0.6) is 0 Å². The van der Waals surface area contributed by atoms with Crippen LogP contribution >= 0.6 is 11.6 Å². The fraction of sp³-hybridized carbons (Fsp3) is 0.167. The van der Waals surface area contributed by atoms with Gasteiger partial charge in [-0.25, -0.2) is 0 Å². The van der Waals surface area contributed by atoms with E-state index >= 15 is 0 Å². The van der Waals surface area contributed by atoms with Crippen molar-refractivity contribution in [2.45, 2.75) is 6.92 Å². The highest BCUT2D eigenvalue weighted by molar-refractivity contribution is 6.30. The largest absolute Gasteiger partial charge is 0.355 e. The Morgan fingerprint density at radius 1 is 1.41 bits per heavy atom. The van der Waals surface area contributed by atoms with Crippen molar-refractivity contribution in [3.8, 4) is 11.3 Å². The van der Waals surface area contributed by atoms with Crippen LogP contribution in [0.15, 0.2) is 34.9 Å². The maximum atomic E-state index is 11.5. The van der Waals surface area contributed by atoms with E-state index in [4.69, 9.17) is 16.1 Å². The van der Waals surface area contributed by atoms with Crippen molar-refractivity contribution < 1.29 is 9.32 Å². The lowest BCUT2D eigenvalue weighted by atomic mass is 10.1. The van der Waals surface area contributed by atoms with Crippen LogP contribution in [0.2, 0.25) is 5.02 Å². The molecule has 0 saturated carbocycles. The molecule has 0 spiro atoms. The maximum absolute atomic E-state index is 11.5. The van der Waals surface area contributed by atoms with Crippen LogP contribution in [0.3, 0.4) is 0 Å². The summed E-state index contributed by atoms with van der Waals surface area (Å²) in [7, 11) is 0. The Kier molecular flexibility index (Phi) is 3.44. The first kappa shape index (κ1) is 11.7. The molecule has 1 aromatic heterocycles. The summed E-state index contributed by atoms with van der Waals surface area (Å²) in [6, 6.07) is 8.74. The summed E-state index contributed by atoms with van der Waals surface area (Å²) in [4.78, 5) is 11.5. The number of carbonyl (C=O) groups excluding carboxylic acids is 1.